The maximum atomic E-state index is 2.60. The minimum Gasteiger partial charge on any atom is -0.303 e. The molecule has 0 aromatic rings. The van der Waals surface area contributed by atoms with E-state index in [0.29, 0.717) is 0 Å². The highest BCUT2D eigenvalue weighted by atomic mass is 32.2. The molecule has 1 nitrogen and oxygen atoms in total. The van der Waals surface area contributed by atoms with Crippen molar-refractivity contribution in [2.45, 2.75) is 38.4 Å². The number of hydrogen-bond donors (Lipinski definition) is 0. The summed E-state index contributed by atoms with van der Waals surface area (Å²) in [6, 6.07) is 0. The average Bonchev–Trinajstić information content (AvgIpc) is 2.30. The SMILES string of the molecule is CCSC1CCCCN(CC)C1. The third kappa shape index (κ3) is 3.36. The molecule has 1 heterocycles. The van der Waals surface area contributed by atoms with Gasteiger partial charge in [0, 0.05) is 11.8 Å². The van der Waals surface area contributed by atoms with Gasteiger partial charge in [0.15, 0.2) is 0 Å². The molecular formula is C10H21NS. The lowest BCUT2D eigenvalue weighted by Crippen LogP contribution is -2.29. The van der Waals surface area contributed by atoms with Gasteiger partial charge in [0.25, 0.3) is 0 Å². The molecule has 1 unspecified atom stereocenters. The molecule has 72 valence electrons. The highest BCUT2D eigenvalue weighted by molar-refractivity contribution is 7.99. The van der Waals surface area contributed by atoms with Crippen LogP contribution < -0.4 is 0 Å². The maximum Gasteiger partial charge on any atom is 0.0174 e. The molecule has 0 spiro atoms. The molecule has 1 fully saturated rings. The van der Waals surface area contributed by atoms with E-state index in [4.69, 9.17) is 0 Å². The topological polar surface area (TPSA) is 3.24 Å². The number of hydrogen-bond acceptors (Lipinski definition) is 2. The van der Waals surface area contributed by atoms with Crippen LogP contribution in [0.2, 0.25) is 0 Å². The van der Waals surface area contributed by atoms with Crippen LogP contribution in [0.4, 0.5) is 0 Å². The molecule has 0 aromatic heterocycles. The van der Waals surface area contributed by atoms with Crippen molar-refractivity contribution in [2.75, 3.05) is 25.4 Å². The van der Waals surface area contributed by atoms with Gasteiger partial charge in [-0.15, -0.1) is 0 Å². The van der Waals surface area contributed by atoms with Crippen molar-refractivity contribution in [3.63, 3.8) is 0 Å². The third-order valence-electron chi connectivity index (χ3n) is 2.56. The Morgan fingerprint density at radius 2 is 2.17 bits per heavy atom. The van der Waals surface area contributed by atoms with Crippen LogP contribution in [-0.4, -0.2) is 35.5 Å². The molecule has 1 saturated heterocycles. The van der Waals surface area contributed by atoms with Crippen molar-refractivity contribution in [3.8, 4) is 0 Å². The van der Waals surface area contributed by atoms with E-state index in [1.54, 1.807) is 0 Å². The second-order valence-corrected chi connectivity index (χ2v) is 5.04. The predicted octanol–water partition coefficient (Wildman–Crippen LogP) is 2.61. The highest BCUT2D eigenvalue weighted by Gasteiger charge is 2.16. The Hall–Kier alpha value is 0.310. The molecule has 0 aliphatic carbocycles. The number of likely N-dealkylation sites (tertiary alicyclic amines) is 1. The minimum absolute atomic E-state index is 0.914. The van der Waals surface area contributed by atoms with Crippen LogP contribution in [0, 0.1) is 0 Å². The van der Waals surface area contributed by atoms with Gasteiger partial charge in [-0.25, -0.2) is 0 Å². The fourth-order valence-electron chi connectivity index (χ4n) is 1.84. The summed E-state index contributed by atoms with van der Waals surface area (Å²) in [5.41, 5.74) is 0. The second-order valence-electron chi connectivity index (χ2n) is 3.47. The van der Waals surface area contributed by atoms with Crippen LogP contribution in [0.15, 0.2) is 0 Å². The molecule has 12 heavy (non-hydrogen) atoms. The largest absolute Gasteiger partial charge is 0.303 e. The van der Waals surface area contributed by atoms with E-state index in [1.165, 1.54) is 44.6 Å². The molecule has 0 radical (unpaired) electrons. The first-order valence-electron chi connectivity index (χ1n) is 5.20. The van der Waals surface area contributed by atoms with Gasteiger partial charge in [-0.2, -0.15) is 11.8 Å². The zero-order valence-electron chi connectivity index (χ0n) is 8.38. The van der Waals surface area contributed by atoms with Crippen LogP contribution in [0.1, 0.15) is 33.1 Å². The fourth-order valence-corrected chi connectivity index (χ4v) is 2.96. The van der Waals surface area contributed by atoms with E-state index in [-0.39, 0.29) is 0 Å². The van der Waals surface area contributed by atoms with E-state index in [2.05, 4.69) is 30.5 Å². The summed E-state index contributed by atoms with van der Waals surface area (Å²) in [6.07, 6.45) is 4.29. The fraction of sp³-hybridized carbons (Fsp3) is 1.00. The third-order valence-corrected chi connectivity index (χ3v) is 3.75. The number of thioether (sulfide) groups is 1. The Morgan fingerprint density at radius 1 is 1.33 bits per heavy atom. The molecule has 1 aliphatic heterocycles. The lowest BCUT2D eigenvalue weighted by atomic mass is 10.2. The zero-order valence-corrected chi connectivity index (χ0v) is 9.20. The molecule has 0 aromatic carbocycles. The normalized spacial score (nSPS) is 27.0. The Balaban J connectivity index is 2.31. The molecule has 1 rings (SSSR count). The summed E-state index contributed by atoms with van der Waals surface area (Å²) in [4.78, 5) is 2.60. The van der Waals surface area contributed by atoms with Gasteiger partial charge in [0.2, 0.25) is 0 Å². The molecule has 1 aliphatic rings. The van der Waals surface area contributed by atoms with E-state index in [9.17, 15) is 0 Å². The Morgan fingerprint density at radius 3 is 2.83 bits per heavy atom. The summed E-state index contributed by atoms with van der Waals surface area (Å²) in [6.45, 7) is 8.44. The predicted molar refractivity (Wildman–Crippen MR) is 57.9 cm³/mol. The number of nitrogens with zero attached hydrogens (tertiary/aromatic N) is 1. The lowest BCUT2D eigenvalue weighted by Gasteiger charge is -2.21. The molecule has 0 N–H and O–H groups in total. The highest BCUT2D eigenvalue weighted by Crippen LogP contribution is 2.21. The van der Waals surface area contributed by atoms with Crippen molar-refractivity contribution >= 4 is 11.8 Å². The van der Waals surface area contributed by atoms with Crippen molar-refractivity contribution in [2.24, 2.45) is 0 Å². The van der Waals surface area contributed by atoms with Crippen molar-refractivity contribution < 1.29 is 0 Å². The van der Waals surface area contributed by atoms with Gasteiger partial charge >= 0.3 is 0 Å². The maximum absolute atomic E-state index is 2.60. The quantitative estimate of drug-likeness (QED) is 0.668. The van der Waals surface area contributed by atoms with E-state index >= 15 is 0 Å². The van der Waals surface area contributed by atoms with E-state index < -0.39 is 0 Å². The second kappa shape index (κ2) is 5.87. The standard InChI is InChI=1S/C10H21NS/c1-3-11-8-6-5-7-10(9-11)12-4-2/h10H,3-9H2,1-2H3. The molecule has 2 heteroatoms. The summed E-state index contributed by atoms with van der Waals surface area (Å²) in [5, 5.41) is 0.914. The van der Waals surface area contributed by atoms with Crippen LogP contribution in [0.3, 0.4) is 0 Å². The van der Waals surface area contributed by atoms with Gasteiger partial charge in [-0.1, -0.05) is 20.3 Å². The Bertz CT molecular complexity index is 116. The first kappa shape index (κ1) is 10.4. The summed E-state index contributed by atoms with van der Waals surface area (Å²) in [5.74, 6) is 1.28. The summed E-state index contributed by atoms with van der Waals surface area (Å²) >= 11 is 2.14. The first-order valence-corrected chi connectivity index (χ1v) is 6.25. The van der Waals surface area contributed by atoms with E-state index in [0.717, 1.165) is 5.25 Å². The Labute approximate surface area is 80.9 Å². The van der Waals surface area contributed by atoms with Gasteiger partial charge in [0.05, 0.1) is 0 Å². The Kier molecular flexibility index (Phi) is 5.08. The van der Waals surface area contributed by atoms with Crippen LogP contribution >= 0.6 is 11.8 Å². The molecule has 0 saturated carbocycles. The minimum atomic E-state index is 0.914. The van der Waals surface area contributed by atoms with Crippen molar-refractivity contribution in [1.29, 1.82) is 0 Å². The van der Waals surface area contributed by atoms with Gasteiger partial charge in [0.1, 0.15) is 0 Å². The van der Waals surface area contributed by atoms with E-state index in [1.807, 2.05) is 0 Å². The van der Waals surface area contributed by atoms with Gasteiger partial charge in [-0.05, 0) is 31.7 Å². The lowest BCUT2D eigenvalue weighted by molar-refractivity contribution is 0.304. The zero-order chi connectivity index (χ0) is 8.81. The monoisotopic (exact) mass is 187 g/mol. The smallest absolute Gasteiger partial charge is 0.0174 e. The first-order chi connectivity index (χ1) is 5.86. The van der Waals surface area contributed by atoms with Gasteiger partial charge in [-0.3, -0.25) is 0 Å². The molecule has 0 bridgehead atoms. The van der Waals surface area contributed by atoms with Crippen LogP contribution in [0.25, 0.3) is 0 Å². The molecular weight excluding hydrogens is 166 g/mol. The summed E-state index contributed by atoms with van der Waals surface area (Å²) < 4.78 is 0. The van der Waals surface area contributed by atoms with Crippen LogP contribution in [0.5, 0.6) is 0 Å². The molecule has 0 amide bonds. The number of rotatable bonds is 3. The van der Waals surface area contributed by atoms with Gasteiger partial charge < -0.3 is 4.90 Å². The molecule has 1 atom stereocenters. The van der Waals surface area contributed by atoms with Crippen molar-refractivity contribution in [1.82, 2.24) is 4.90 Å². The summed E-state index contributed by atoms with van der Waals surface area (Å²) in [7, 11) is 0. The van der Waals surface area contributed by atoms with Crippen molar-refractivity contribution in [3.05, 3.63) is 0 Å². The average molecular weight is 187 g/mol. The van der Waals surface area contributed by atoms with Crippen LogP contribution in [-0.2, 0) is 0 Å².